The summed E-state index contributed by atoms with van der Waals surface area (Å²) < 4.78 is 5.46. The van der Waals surface area contributed by atoms with E-state index in [2.05, 4.69) is 0 Å². The molecule has 114 valence electrons. The van der Waals surface area contributed by atoms with Crippen LogP contribution in [0.3, 0.4) is 0 Å². The number of benzene rings is 1. The normalized spacial score (nSPS) is 13.8. The molecule has 1 fully saturated rings. The van der Waals surface area contributed by atoms with Gasteiger partial charge in [-0.05, 0) is 19.3 Å². The lowest BCUT2D eigenvalue weighted by molar-refractivity contribution is -0.384. The molecular weight excluding hydrogens is 276 g/mol. The third-order valence-corrected chi connectivity index (χ3v) is 3.18. The molecule has 1 aliphatic rings. The molecule has 0 aromatic heterocycles. The fourth-order valence-corrected chi connectivity index (χ4v) is 2.11. The standard InChI is InChI=1S/C14H18N2O5/c1-2-5-21-13-7-11(6-12(8-13)16(19)20)15(9-14(17)18)10-3-4-10/h6-8,10H,2-5,9H2,1H3,(H,17,18). The van der Waals surface area contributed by atoms with Gasteiger partial charge in [0.05, 0.1) is 17.6 Å². The highest BCUT2D eigenvalue weighted by Gasteiger charge is 2.31. The highest BCUT2D eigenvalue weighted by molar-refractivity contribution is 5.75. The molecule has 7 heteroatoms. The fraction of sp³-hybridized carbons (Fsp3) is 0.500. The second kappa shape index (κ2) is 6.43. The number of nitro groups is 1. The highest BCUT2D eigenvalue weighted by atomic mass is 16.6. The number of hydrogen-bond donors (Lipinski definition) is 1. The second-order valence-electron chi connectivity index (χ2n) is 5.04. The van der Waals surface area contributed by atoms with Gasteiger partial charge in [0.15, 0.2) is 0 Å². The van der Waals surface area contributed by atoms with Crippen LogP contribution in [0.1, 0.15) is 26.2 Å². The Bertz CT molecular complexity index is 542. The van der Waals surface area contributed by atoms with Gasteiger partial charge in [0.2, 0.25) is 0 Å². The van der Waals surface area contributed by atoms with E-state index in [0.717, 1.165) is 19.3 Å². The summed E-state index contributed by atoms with van der Waals surface area (Å²) in [5.74, 6) is -0.554. The Morgan fingerprint density at radius 2 is 2.19 bits per heavy atom. The minimum absolute atomic E-state index is 0.0883. The lowest BCUT2D eigenvalue weighted by Crippen LogP contribution is -2.31. The van der Waals surface area contributed by atoms with Crippen molar-refractivity contribution in [2.24, 2.45) is 0 Å². The van der Waals surface area contributed by atoms with Crippen LogP contribution in [0, 0.1) is 10.1 Å². The van der Waals surface area contributed by atoms with Gasteiger partial charge in [-0.2, -0.15) is 0 Å². The van der Waals surface area contributed by atoms with E-state index < -0.39 is 10.9 Å². The van der Waals surface area contributed by atoms with E-state index in [9.17, 15) is 14.9 Å². The lowest BCUT2D eigenvalue weighted by atomic mass is 10.2. The minimum Gasteiger partial charge on any atom is -0.493 e. The maximum atomic E-state index is 11.0. The number of nitro benzene ring substituents is 1. The summed E-state index contributed by atoms with van der Waals surface area (Å²) in [6, 6.07) is 4.58. The molecule has 2 rings (SSSR count). The van der Waals surface area contributed by atoms with Crippen LogP contribution in [0.4, 0.5) is 11.4 Å². The van der Waals surface area contributed by atoms with E-state index in [1.807, 2.05) is 6.92 Å². The predicted octanol–water partition coefficient (Wildman–Crippen LogP) is 2.44. The van der Waals surface area contributed by atoms with Crippen molar-refractivity contribution in [3.63, 3.8) is 0 Å². The van der Waals surface area contributed by atoms with Crippen molar-refractivity contribution in [2.75, 3.05) is 18.1 Å². The first kappa shape index (κ1) is 15.1. The van der Waals surface area contributed by atoms with Crippen molar-refractivity contribution < 1.29 is 19.6 Å². The molecule has 1 saturated carbocycles. The van der Waals surface area contributed by atoms with Crippen molar-refractivity contribution >= 4 is 17.3 Å². The SMILES string of the molecule is CCCOc1cc(N(CC(=O)O)C2CC2)cc([N+](=O)[O-])c1. The van der Waals surface area contributed by atoms with Gasteiger partial charge in [0.1, 0.15) is 12.3 Å². The van der Waals surface area contributed by atoms with Gasteiger partial charge in [-0.3, -0.25) is 14.9 Å². The molecular formula is C14H18N2O5. The van der Waals surface area contributed by atoms with Crippen LogP contribution in [0.2, 0.25) is 0 Å². The number of rotatable bonds is 8. The quantitative estimate of drug-likeness (QED) is 0.584. The molecule has 1 aromatic carbocycles. The summed E-state index contributed by atoms with van der Waals surface area (Å²) in [5, 5.41) is 20.0. The van der Waals surface area contributed by atoms with Crippen molar-refractivity contribution in [2.45, 2.75) is 32.2 Å². The maximum Gasteiger partial charge on any atom is 0.323 e. The van der Waals surface area contributed by atoms with Crippen LogP contribution in [0.5, 0.6) is 5.75 Å². The van der Waals surface area contributed by atoms with E-state index in [-0.39, 0.29) is 18.3 Å². The van der Waals surface area contributed by atoms with Gasteiger partial charge >= 0.3 is 5.97 Å². The average molecular weight is 294 g/mol. The van der Waals surface area contributed by atoms with Crippen LogP contribution >= 0.6 is 0 Å². The summed E-state index contributed by atoms with van der Waals surface area (Å²) in [6.07, 6.45) is 2.60. The van der Waals surface area contributed by atoms with Gasteiger partial charge in [0.25, 0.3) is 5.69 Å². The molecule has 0 saturated heterocycles. The first-order chi connectivity index (χ1) is 10.0. The number of carboxylic acids is 1. The largest absolute Gasteiger partial charge is 0.493 e. The predicted molar refractivity (Wildman–Crippen MR) is 76.9 cm³/mol. The molecule has 0 heterocycles. The summed E-state index contributed by atoms with van der Waals surface area (Å²) in [6.45, 7) is 2.24. The fourth-order valence-electron chi connectivity index (χ4n) is 2.11. The Balaban J connectivity index is 2.32. The number of carboxylic acid groups (broad SMARTS) is 1. The van der Waals surface area contributed by atoms with E-state index in [4.69, 9.17) is 9.84 Å². The Labute approximate surface area is 122 Å². The molecule has 0 atom stereocenters. The van der Waals surface area contributed by atoms with E-state index in [1.165, 1.54) is 12.1 Å². The third kappa shape index (κ3) is 4.08. The zero-order chi connectivity index (χ0) is 15.4. The van der Waals surface area contributed by atoms with Crippen molar-refractivity contribution in [3.8, 4) is 5.75 Å². The van der Waals surface area contributed by atoms with Gasteiger partial charge in [-0.15, -0.1) is 0 Å². The van der Waals surface area contributed by atoms with Gasteiger partial charge in [-0.25, -0.2) is 0 Å². The van der Waals surface area contributed by atoms with Crippen molar-refractivity contribution in [3.05, 3.63) is 28.3 Å². The third-order valence-electron chi connectivity index (χ3n) is 3.18. The number of non-ortho nitro benzene ring substituents is 1. The zero-order valence-electron chi connectivity index (χ0n) is 11.8. The molecule has 0 amide bonds. The second-order valence-corrected chi connectivity index (χ2v) is 5.04. The molecule has 0 bridgehead atoms. The Kier molecular flexibility index (Phi) is 4.62. The van der Waals surface area contributed by atoms with Crippen LogP contribution in [0.25, 0.3) is 0 Å². The molecule has 1 aliphatic carbocycles. The van der Waals surface area contributed by atoms with Gasteiger partial charge in [-0.1, -0.05) is 6.92 Å². The van der Waals surface area contributed by atoms with E-state index in [1.54, 1.807) is 11.0 Å². The van der Waals surface area contributed by atoms with Crippen LogP contribution in [-0.2, 0) is 4.79 Å². The number of nitrogens with zero attached hydrogens (tertiary/aromatic N) is 2. The molecule has 21 heavy (non-hydrogen) atoms. The molecule has 1 aromatic rings. The molecule has 1 N–H and O–H groups in total. The lowest BCUT2D eigenvalue weighted by Gasteiger charge is -2.23. The summed E-state index contributed by atoms with van der Waals surface area (Å²) >= 11 is 0. The highest BCUT2D eigenvalue weighted by Crippen LogP contribution is 2.35. The smallest absolute Gasteiger partial charge is 0.323 e. The Hall–Kier alpha value is -2.31. The number of hydrogen-bond acceptors (Lipinski definition) is 5. The number of carbonyl (C=O) groups is 1. The molecule has 0 aliphatic heterocycles. The van der Waals surface area contributed by atoms with E-state index in [0.29, 0.717) is 18.0 Å². The number of ether oxygens (including phenoxy) is 1. The average Bonchev–Trinajstić information content (AvgIpc) is 3.26. The molecule has 0 unspecified atom stereocenters. The monoisotopic (exact) mass is 294 g/mol. The van der Waals surface area contributed by atoms with Gasteiger partial charge < -0.3 is 14.7 Å². The summed E-state index contributed by atoms with van der Waals surface area (Å²) in [7, 11) is 0. The van der Waals surface area contributed by atoms with Crippen LogP contribution < -0.4 is 9.64 Å². The molecule has 7 nitrogen and oxygen atoms in total. The zero-order valence-corrected chi connectivity index (χ0v) is 11.8. The summed E-state index contributed by atoms with van der Waals surface area (Å²) in [5.41, 5.74) is 0.440. The van der Waals surface area contributed by atoms with Crippen molar-refractivity contribution in [1.29, 1.82) is 0 Å². The number of aliphatic carboxylic acids is 1. The van der Waals surface area contributed by atoms with E-state index >= 15 is 0 Å². The topological polar surface area (TPSA) is 92.9 Å². The molecule has 0 radical (unpaired) electrons. The Morgan fingerprint density at radius 1 is 1.48 bits per heavy atom. The van der Waals surface area contributed by atoms with Crippen molar-refractivity contribution in [1.82, 2.24) is 0 Å². The number of anilines is 1. The Morgan fingerprint density at radius 3 is 2.71 bits per heavy atom. The maximum absolute atomic E-state index is 11.0. The minimum atomic E-state index is -0.954. The van der Waals surface area contributed by atoms with Crippen LogP contribution in [0.15, 0.2) is 18.2 Å². The summed E-state index contributed by atoms with van der Waals surface area (Å²) in [4.78, 5) is 23.2. The first-order valence-electron chi connectivity index (χ1n) is 6.92. The first-order valence-corrected chi connectivity index (χ1v) is 6.92. The van der Waals surface area contributed by atoms with Gasteiger partial charge in [0, 0.05) is 23.9 Å². The molecule has 0 spiro atoms. The van der Waals surface area contributed by atoms with Crippen LogP contribution in [-0.4, -0.2) is 35.2 Å².